The van der Waals surface area contributed by atoms with Gasteiger partial charge in [0.1, 0.15) is 0 Å². The molecule has 0 unspecified atom stereocenters. The average molecular weight is 128 g/mol. The molecule has 0 spiro atoms. The quantitative estimate of drug-likeness (QED) is 0.513. The molecule has 0 aliphatic rings. The van der Waals surface area contributed by atoms with Gasteiger partial charge in [0.15, 0.2) is 0 Å². The number of carbonyl (C=O) groups is 1. The first kappa shape index (κ1) is 8.17. The molecule has 0 aromatic rings. The number of amides is 1. The van der Waals surface area contributed by atoms with Crippen molar-refractivity contribution in [3.05, 3.63) is 12.2 Å². The van der Waals surface area contributed by atoms with Crippen LogP contribution < -0.4 is 11.5 Å². The molecule has 0 aliphatic heterocycles. The van der Waals surface area contributed by atoms with Crippen molar-refractivity contribution >= 4 is 5.91 Å². The monoisotopic (exact) mass is 128 g/mol. The van der Waals surface area contributed by atoms with Crippen LogP contribution in [0.1, 0.15) is 12.8 Å². The van der Waals surface area contributed by atoms with Crippen LogP contribution in [0.15, 0.2) is 12.2 Å². The largest absolute Gasteiger partial charge is 0.366 e. The predicted octanol–water partition coefficient (Wildman–Crippen LogP) is -0.233. The van der Waals surface area contributed by atoms with Crippen molar-refractivity contribution in [3.63, 3.8) is 0 Å². The highest BCUT2D eigenvalue weighted by molar-refractivity contribution is 5.91. The van der Waals surface area contributed by atoms with Gasteiger partial charge < -0.3 is 11.5 Å². The molecule has 4 N–H and O–H groups in total. The third-order valence-electron chi connectivity index (χ3n) is 1.03. The van der Waals surface area contributed by atoms with E-state index in [1.165, 1.54) is 0 Å². The zero-order chi connectivity index (χ0) is 7.28. The first-order valence-corrected chi connectivity index (χ1v) is 2.86. The summed E-state index contributed by atoms with van der Waals surface area (Å²) in [6, 6.07) is 0. The standard InChI is InChI=1S/C6H12N2O/c1-5(6(8)9)3-2-4-7/h1-4,7H2,(H2,8,9). The van der Waals surface area contributed by atoms with Gasteiger partial charge in [0.05, 0.1) is 0 Å². The fraction of sp³-hybridized carbons (Fsp3) is 0.500. The molecule has 52 valence electrons. The summed E-state index contributed by atoms with van der Waals surface area (Å²) < 4.78 is 0. The van der Waals surface area contributed by atoms with E-state index in [4.69, 9.17) is 11.5 Å². The summed E-state index contributed by atoms with van der Waals surface area (Å²) in [5.74, 6) is -0.427. The van der Waals surface area contributed by atoms with Gasteiger partial charge >= 0.3 is 0 Å². The summed E-state index contributed by atoms with van der Waals surface area (Å²) in [5, 5.41) is 0. The van der Waals surface area contributed by atoms with Crippen LogP contribution in [0.25, 0.3) is 0 Å². The van der Waals surface area contributed by atoms with Crippen molar-refractivity contribution in [2.75, 3.05) is 6.54 Å². The minimum atomic E-state index is -0.427. The maximum absolute atomic E-state index is 10.3. The molecule has 0 atom stereocenters. The average Bonchev–Trinajstić information content (AvgIpc) is 1.82. The van der Waals surface area contributed by atoms with Crippen molar-refractivity contribution < 1.29 is 4.79 Å². The second kappa shape index (κ2) is 4.09. The van der Waals surface area contributed by atoms with Crippen LogP contribution >= 0.6 is 0 Å². The Hall–Kier alpha value is -0.830. The van der Waals surface area contributed by atoms with E-state index in [2.05, 4.69) is 6.58 Å². The molecule has 0 saturated carbocycles. The van der Waals surface area contributed by atoms with Gasteiger partial charge in [-0.05, 0) is 19.4 Å². The molecule has 0 bridgehead atoms. The first-order valence-electron chi connectivity index (χ1n) is 2.86. The summed E-state index contributed by atoms with van der Waals surface area (Å²) in [6.07, 6.45) is 1.40. The molecule has 0 fully saturated rings. The van der Waals surface area contributed by atoms with Gasteiger partial charge in [0.2, 0.25) is 5.91 Å². The van der Waals surface area contributed by atoms with Gasteiger partial charge in [-0.1, -0.05) is 6.58 Å². The second-order valence-corrected chi connectivity index (χ2v) is 1.86. The highest BCUT2D eigenvalue weighted by atomic mass is 16.1. The summed E-state index contributed by atoms with van der Waals surface area (Å²) in [5.41, 5.74) is 10.5. The molecule has 3 nitrogen and oxygen atoms in total. The number of hydrogen-bond donors (Lipinski definition) is 2. The molecule has 0 aromatic heterocycles. The van der Waals surface area contributed by atoms with E-state index in [9.17, 15) is 4.79 Å². The predicted molar refractivity (Wildman–Crippen MR) is 36.6 cm³/mol. The summed E-state index contributed by atoms with van der Waals surface area (Å²) >= 11 is 0. The van der Waals surface area contributed by atoms with E-state index in [0.717, 1.165) is 6.42 Å². The minimum Gasteiger partial charge on any atom is -0.366 e. The van der Waals surface area contributed by atoms with Crippen LogP contribution in [-0.2, 0) is 4.79 Å². The molecular weight excluding hydrogens is 116 g/mol. The van der Waals surface area contributed by atoms with Gasteiger partial charge in [-0.3, -0.25) is 4.79 Å². The van der Waals surface area contributed by atoms with Gasteiger partial charge in [-0.25, -0.2) is 0 Å². The molecule has 1 amide bonds. The topological polar surface area (TPSA) is 69.1 Å². The van der Waals surface area contributed by atoms with E-state index in [0.29, 0.717) is 18.5 Å². The van der Waals surface area contributed by atoms with Crippen molar-refractivity contribution in [2.24, 2.45) is 11.5 Å². The summed E-state index contributed by atoms with van der Waals surface area (Å²) in [4.78, 5) is 10.3. The Morgan fingerprint density at radius 3 is 2.44 bits per heavy atom. The lowest BCUT2D eigenvalue weighted by molar-refractivity contribution is -0.114. The maximum atomic E-state index is 10.3. The van der Waals surface area contributed by atoms with E-state index in [-0.39, 0.29) is 0 Å². The van der Waals surface area contributed by atoms with Crippen molar-refractivity contribution in [2.45, 2.75) is 12.8 Å². The number of primary amides is 1. The van der Waals surface area contributed by atoms with Crippen LogP contribution in [0.4, 0.5) is 0 Å². The van der Waals surface area contributed by atoms with Crippen molar-refractivity contribution in [3.8, 4) is 0 Å². The van der Waals surface area contributed by atoms with Gasteiger partial charge in [0.25, 0.3) is 0 Å². The Balaban J connectivity index is 3.39. The zero-order valence-corrected chi connectivity index (χ0v) is 5.39. The molecule has 0 aliphatic carbocycles. The van der Waals surface area contributed by atoms with Crippen molar-refractivity contribution in [1.29, 1.82) is 0 Å². The highest BCUT2D eigenvalue weighted by Crippen LogP contribution is 1.98. The molecule has 0 rings (SSSR count). The number of hydrogen-bond acceptors (Lipinski definition) is 2. The Bertz CT molecular complexity index is 120. The van der Waals surface area contributed by atoms with Gasteiger partial charge in [0, 0.05) is 5.57 Å². The Morgan fingerprint density at radius 2 is 2.11 bits per heavy atom. The van der Waals surface area contributed by atoms with E-state index in [1.54, 1.807) is 0 Å². The molecule has 0 saturated heterocycles. The van der Waals surface area contributed by atoms with Crippen molar-refractivity contribution in [1.82, 2.24) is 0 Å². The summed E-state index contributed by atoms with van der Waals surface area (Å²) in [6.45, 7) is 4.04. The van der Waals surface area contributed by atoms with Crippen LogP contribution in [-0.4, -0.2) is 12.5 Å². The maximum Gasteiger partial charge on any atom is 0.244 e. The van der Waals surface area contributed by atoms with E-state index >= 15 is 0 Å². The second-order valence-electron chi connectivity index (χ2n) is 1.86. The Kier molecular flexibility index (Phi) is 3.71. The van der Waals surface area contributed by atoms with Crippen LogP contribution in [0, 0.1) is 0 Å². The lowest BCUT2D eigenvalue weighted by Gasteiger charge is -1.96. The zero-order valence-electron chi connectivity index (χ0n) is 5.39. The smallest absolute Gasteiger partial charge is 0.244 e. The normalized spacial score (nSPS) is 9.00. The third-order valence-corrected chi connectivity index (χ3v) is 1.03. The first-order chi connectivity index (χ1) is 4.18. The molecular formula is C6H12N2O. The number of rotatable bonds is 4. The third kappa shape index (κ3) is 3.73. The lowest BCUT2D eigenvalue weighted by atomic mass is 10.1. The van der Waals surface area contributed by atoms with Gasteiger partial charge in [-0.15, -0.1) is 0 Å². The van der Waals surface area contributed by atoms with Crippen LogP contribution in [0.2, 0.25) is 0 Å². The Labute approximate surface area is 54.7 Å². The fourth-order valence-corrected chi connectivity index (χ4v) is 0.439. The van der Waals surface area contributed by atoms with Crippen LogP contribution in [0.3, 0.4) is 0 Å². The highest BCUT2D eigenvalue weighted by Gasteiger charge is 1.98. The Morgan fingerprint density at radius 1 is 1.56 bits per heavy atom. The molecule has 0 aromatic carbocycles. The van der Waals surface area contributed by atoms with E-state index < -0.39 is 5.91 Å². The lowest BCUT2D eigenvalue weighted by Crippen LogP contribution is -2.13. The minimum absolute atomic E-state index is 0.427. The summed E-state index contributed by atoms with van der Waals surface area (Å²) in [7, 11) is 0. The van der Waals surface area contributed by atoms with E-state index in [1.807, 2.05) is 0 Å². The molecule has 0 radical (unpaired) electrons. The molecule has 0 heterocycles. The van der Waals surface area contributed by atoms with Gasteiger partial charge in [-0.2, -0.15) is 0 Å². The van der Waals surface area contributed by atoms with Crippen LogP contribution in [0.5, 0.6) is 0 Å². The SMILES string of the molecule is C=C(CCCN)C(N)=O. The number of carbonyl (C=O) groups excluding carboxylic acids is 1. The molecule has 3 heteroatoms. The number of nitrogens with two attached hydrogens (primary N) is 2. The molecule has 9 heavy (non-hydrogen) atoms. The fourth-order valence-electron chi connectivity index (χ4n) is 0.439.